The number of nitrogens with zero attached hydrogens (tertiary/aromatic N) is 3. The van der Waals surface area contributed by atoms with Gasteiger partial charge in [-0.1, -0.05) is 18.2 Å². The average molecular weight is 380 g/mol. The van der Waals surface area contributed by atoms with Crippen LogP contribution in [0.25, 0.3) is 11.0 Å². The first-order valence-electron chi connectivity index (χ1n) is 9.52. The Kier molecular flexibility index (Phi) is 5.32. The molecule has 2 heterocycles. The summed E-state index contributed by atoms with van der Waals surface area (Å²) in [4.78, 5) is 24.4. The Labute approximate surface area is 163 Å². The smallest absolute Gasteiger partial charge is 0.414 e. The second-order valence-corrected chi connectivity index (χ2v) is 6.74. The summed E-state index contributed by atoms with van der Waals surface area (Å²) in [6.45, 7) is 2.37. The number of hydrogen-bond acceptors (Lipinski definition) is 5. The van der Waals surface area contributed by atoms with E-state index in [9.17, 15) is 4.79 Å². The SMILES string of the molecule is COc1ccc2nc(N3CCCCN(c4ccccc4)C(=O)OCC3)[nH]c2c1. The topological polar surface area (TPSA) is 70.7 Å². The molecular formula is C21H24N4O3. The number of fused-ring (bicyclic) bond motifs is 1. The van der Waals surface area contributed by atoms with Crippen LogP contribution in [0.15, 0.2) is 48.5 Å². The van der Waals surface area contributed by atoms with Crippen molar-refractivity contribution in [2.24, 2.45) is 0 Å². The highest BCUT2D eigenvalue weighted by atomic mass is 16.6. The number of para-hydroxylation sites is 1. The molecule has 1 fully saturated rings. The molecule has 1 amide bonds. The van der Waals surface area contributed by atoms with Gasteiger partial charge in [0, 0.05) is 24.8 Å². The van der Waals surface area contributed by atoms with Crippen LogP contribution in [0.4, 0.5) is 16.4 Å². The van der Waals surface area contributed by atoms with Crippen LogP contribution in [0.1, 0.15) is 12.8 Å². The number of carbonyl (C=O) groups excluding carboxylic acids is 1. The molecule has 1 aliphatic heterocycles. The largest absolute Gasteiger partial charge is 0.497 e. The molecule has 7 heteroatoms. The van der Waals surface area contributed by atoms with Crippen molar-refractivity contribution < 1.29 is 14.3 Å². The van der Waals surface area contributed by atoms with Gasteiger partial charge in [0.15, 0.2) is 0 Å². The van der Waals surface area contributed by atoms with Gasteiger partial charge in [0.05, 0.1) is 24.7 Å². The monoisotopic (exact) mass is 380 g/mol. The molecule has 0 spiro atoms. The van der Waals surface area contributed by atoms with Crippen LogP contribution in [0.2, 0.25) is 0 Å². The Morgan fingerprint density at radius 2 is 1.89 bits per heavy atom. The third-order valence-electron chi connectivity index (χ3n) is 4.91. The minimum atomic E-state index is -0.303. The van der Waals surface area contributed by atoms with Crippen molar-refractivity contribution in [3.05, 3.63) is 48.5 Å². The molecule has 4 rings (SSSR count). The lowest BCUT2D eigenvalue weighted by molar-refractivity contribution is 0.155. The van der Waals surface area contributed by atoms with E-state index in [1.165, 1.54) is 0 Å². The first kappa shape index (κ1) is 18.2. The van der Waals surface area contributed by atoms with Crippen LogP contribution in [0, 0.1) is 0 Å². The molecule has 7 nitrogen and oxygen atoms in total. The van der Waals surface area contributed by atoms with Crippen LogP contribution >= 0.6 is 0 Å². The van der Waals surface area contributed by atoms with Crippen molar-refractivity contribution >= 4 is 28.8 Å². The van der Waals surface area contributed by atoms with Gasteiger partial charge < -0.3 is 19.4 Å². The van der Waals surface area contributed by atoms with Gasteiger partial charge in [0.1, 0.15) is 12.4 Å². The van der Waals surface area contributed by atoms with Crippen molar-refractivity contribution in [3.63, 3.8) is 0 Å². The van der Waals surface area contributed by atoms with Crippen LogP contribution in [0.5, 0.6) is 5.75 Å². The molecular weight excluding hydrogens is 356 g/mol. The second-order valence-electron chi connectivity index (χ2n) is 6.74. The van der Waals surface area contributed by atoms with Gasteiger partial charge >= 0.3 is 6.09 Å². The van der Waals surface area contributed by atoms with Gasteiger partial charge in [-0.3, -0.25) is 4.90 Å². The number of ether oxygens (including phenoxy) is 2. The maximum absolute atomic E-state index is 12.5. The Hall–Kier alpha value is -3.22. The van der Waals surface area contributed by atoms with E-state index in [4.69, 9.17) is 9.47 Å². The number of rotatable bonds is 3. The van der Waals surface area contributed by atoms with Crippen LogP contribution in [-0.4, -0.2) is 49.4 Å². The number of aromatic amines is 1. The Morgan fingerprint density at radius 3 is 2.71 bits per heavy atom. The average Bonchev–Trinajstić information content (AvgIpc) is 3.16. The number of anilines is 2. The molecule has 1 aliphatic rings. The number of hydrogen-bond donors (Lipinski definition) is 1. The Bertz CT molecular complexity index is 941. The summed E-state index contributed by atoms with van der Waals surface area (Å²) in [6, 6.07) is 15.4. The summed E-state index contributed by atoms with van der Waals surface area (Å²) in [7, 11) is 1.65. The predicted octanol–water partition coefficient (Wildman–Crippen LogP) is 3.81. The summed E-state index contributed by atoms with van der Waals surface area (Å²) < 4.78 is 10.8. The van der Waals surface area contributed by atoms with E-state index in [-0.39, 0.29) is 6.09 Å². The third-order valence-corrected chi connectivity index (χ3v) is 4.91. The molecule has 28 heavy (non-hydrogen) atoms. The quantitative estimate of drug-likeness (QED) is 0.748. The van der Waals surface area contributed by atoms with E-state index in [0.717, 1.165) is 47.8 Å². The highest BCUT2D eigenvalue weighted by Crippen LogP contribution is 2.23. The first-order valence-corrected chi connectivity index (χ1v) is 9.52. The predicted molar refractivity (Wildman–Crippen MR) is 109 cm³/mol. The fourth-order valence-corrected chi connectivity index (χ4v) is 3.40. The van der Waals surface area contributed by atoms with E-state index < -0.39 is 0 Å². The standard InChI is InChI=1S/C21H24N4O3/c1-27-17-9-10-18-19(15-17)23-20(22-18)24-11-5-6-12-25(21(26)28-14-13-24)16-7-3-2-4-8-16/h2-4,7-10,15H,5-6,11-14H2,1H3,(H,22,23). The first-order chi connectivity index (χ1) is 13.7. The molecule has 0 atom stereocenters. The molecule has 0 saturated carbocycles. The highest BCUT2D eigenvalue weighted by Gasteiger charge is 2.20. The van der Waals surface area contributed by atoms with Crippen LogP contribution in [0.3, 0.4) is 0 Å². The lowest BCUT2D eigenvalue weighted by Gasteiger charge is -2.27. The molecule has 3 aromatic rings. The number of nitrogens with one attached hydrogen (secondary N) is 1. The van der Waals surface area contributed by atoms with Crippen molar-refractivity contribution in [1.82, 2.24) is 9.97 Å². The van der Waals surface area contributed by atoms with Crippen molar-refractivity contribution in [1.29, 1.82) is 0 Å². The summed E-state index contributed by atoms with van der Waals surface area (Å²) in [5, 5.41) is 0. The Morgan fingerprint density at radius 1 is 1.07 bits per heavy atom. The molecule has 0 radical (unpaired) electrons. The fraction of sp³-hybridized carbons (Fsp3) is 0.333. The lowest BCUT2D eigenvalue weighted by Crippen LogP contribution is -2.38. The summed E-state index contributed by atoms with van der Waals surface area (Å²) in [5.74, 6) is 1.58. The lowest BCUT2D eigenvalue weighted by atomic mass is 10.2. The van der Waals surface area contributed by atoms with Crippen molar-refractivity contribution in [2.75, 3.05) is 43.2 Å². The van der Waals surface area contributed by atoms with E-state index in [1.807, 2.05) is 48.5 Å². The van der Waals surface area contributed by atoms with Gasteiger partial charge in [0.25, 0.3) is 0 Å². The van der Waals surface area contributed by atoms with Gasteiger partial charge in [-0.25, -0.2) is 9.78 Å². The van der Waals surface area contributed by atoms with Gasteiger partial charge in [0.2, 0.25) is 5.95 Å². The van der Waals surface area contributed by atoms with E-state index in [0.29, 0.717) is 19.7 Å². The van der Waals surface area contributed by atoms with Crippen molar-refractivity contribution in [3.8, 4) is 5.75 Å². The number of imidazole rings is 1. The number of cyclic esters (lactones) is 1. The minimum Gasteiger partial charge on any atom is -0.497 e. The molecule has 1 N–H and O–H groups in total. The zero-order valence-electron chi connectivity index (χ0n) is 15.9. The van der Waals surface area contributed by atoms with Crippen molar-refractivity contribution in [2.45, 2.75) is 12.8 Å². The number of H-pyrrole nitrogens is 1. The number of methoxy groups -OCH3 is 1. The van der Waals surface area contributed by atoms with Gasteiger partial charge in [-0.2, -0.15) is 0 Å². The molecule has 1 saturated heterocycles. The Balaban J connectivity index is 1.47. The van der Waals surface area contributed by atoms with Crippen LogP contribution < -0.4 is 14.5 Å². The number of aromatic nitrogens is 2. The van der Waals surface area contributed by atoms with Gasteiger partial charge in [-0.05, 0) is 37.1 Å². The molecule has 0 aliphatic carbocycles. The summed E-state index contributed by atoms with van der Waals surface area (Å²) >= 11 is 0. The molecule has 146 valence electrons. The number of carbonyl (C=O) groups is 1. The fourth-order valence-electron chi connectivity index (χ4n) is 3.40. The van der Waals surface area contributed by atoms with E-state index in [2.05, 4.69) is 14.9 Å². The normalized spacial score (nSPS) is 16.1. The van der Waals surface area contributed by atoms with Crippen LogP contribution in [-0.2, 0) is 4.74 Å². The van der Waals surface area contributed by atoms with E-state index in [1.54, 1.807) is 12.0 Å². The molecule has 0 bridgehead atoms. The summed E-state index contributed by atoms with van der Waals surface area (Å²) in [6.07, 6.45) is 1.54. The zero-order valence-corrected chi connectivity index (χ0v) is 15.9. The molecule has 0 unspecified atom stereocenters. The zero-order chi connectivity index (χ0) is 19.3. The minimum absolute atomic E-state index is 0.303. The maximum atomic E-state index is 12.5. The second kappa shape index (κ2) is 8.21. The number of amides is 1. The molecule has 2 aromatic carbocycles. The maximum Gasteiger partial charge on any atom is 0.414 e. The third kappa shape index (κ3) is 3.88. The number of benzene rings is 2. The van der Waals surface area contributed by atoms with Gasteiger partial charge in [-0.15, -0.1) is 0 Å². The molecule has 1 aromatic heterocycles. The van der Waals surface area contributed by atoms with E-state index >= 15 is 0 Å². The highest BCUT2D eigenvalue weighted by molar-refractivity contribution is 5.87. The summed E-state index contributed by atoms with van der Waals surface area (Å²) in [5.41, 5.74) is 2.69.